The summed E-state index contributed by atoms with van der Waals surface area (Å²) < 4.78 is 32.6. The van der Waals surface area contributed by atoms with Crippen molar-refractivity contribution in [1.82, 2.24) is 9.88 Å². The molecule has 1 aliphatic heterocycles. The zero-order chi connectivity index (χ0) is 20.3. The summed E-state index contributed by atoms with van der Waals surface area (Å²) in [5.74, 6) is 0.343. The van der Waals surface area contributed by atoms with Gasteiger partial charge in [0.1, 0.15) is 5.69 Å². The lowest BCUT2D eigenvalue weighted by Gasteiger charge is -2.33. The zero-order valence-electron chi connectivity index (χ0n) is 15.5. The van der Waals surface area contributed by atoms with E-state index in [2.05, 4.69) is 14.6 Å². The topological polar surface area (TPSA) is 118 Å². The quantitative estimate of drug-likeness (QED) is 0.566. The number of sulfonamides is 1. The molecule has 2 aromatic rings. The first-order valence-corrected chi connectivity index (χ1v) is 10.0. The minimum absolute atomic E-state index is 0.187. The molecule has 28 heavy (non-hydrogen) atoms. The Morgan fingerprint density at radius 2 is 1.89 bits per heavy atom. The number of hydrogen-bond donors (Lipinski definition) is 1. The fraction of sp³-hybridized carbons (Fsp3) is 0.353. The van der Waals surface area contributed by atoms with E-state index in [1.54, 1.807) is 0 Å². The van der Waals surface area contributed by atoms with Gasteiger partial charge < -0.3 is 14.5 Å². The molecule has 150 valence electrons. The van der Waals surface area contributed by atoms with Gasteiger partial charge in [-0.1, -0.05) is 0 Å². The van der Waals surface area contributed by atoms with Crippen LogP contribution < -0.4 is 14.4 Å². The van der Waals surface area contributed by atoms with E-state index in [0.29, 0.717) is 24.7 Å². The van der Waals surface area contributed by atoms with Crippen LogP contribution in [0.2, 0.25) is 0 Å². The van der Waals surface area contributed by atoms with Crippen LogP contribution in [0.4, 0.5) is 17.1 Å². The number of benzene rings is 1. The Hall–Kier alpha value is -2.92. The molecule has 3 rings (SSSR count). The molecule has 0 bridgehead atoms. The van der Waals surface area contributed by atoms with E-state index >= 15 is 0 Å². The number of methoxy groups -OCH3 is 1. The molecule has 1 fully saturated rings. The van der Waals surface area contributed by atoms with Crippen LogP contribution in [0.15, 0.2) is 41.4 Å². The summed E-state index contributed by atoms with van der Waals surface area (Å²) >= 11 is 0. The Labute approximate surface area is 162 Å². The van der Waals surface area contributed by atoms with Gasteiger partial charge in [0.25, 0.3) is 15.7 Å². The number of ether oxygens (including phenoxy) is 1. The maximum Gasteiger partial charge on any atom is 0.293 e. The lowest BCUT2D eigenvalue weighted by Crippen LogP contribution is -2.44. The van der Waals surface area contributed by atoms with Crippen molar-refractivity contribution < 1.29 is 18.1 Å². The molecule has 0 saturated carbocycles. The van der Waals surface area contributed by atoms with Crippen LogP contribution in [0, 0.1) is 10.1 Å². The van der Waals surface area contributed by atoms with Crippen LogP contribution in [0.5, 0.6) is 5.88 Å². The molecule has 10 nitrogen and oxygen atoms in total. The highest BCUT2D eigenvalue weighted by molar-refractivity contribution is 7.92. The van der Waals surface area contributed by atoms with Gasteiger partial charge in [0.05, 0.1) is 28.8 Å². The van der Waals surface area contributed by atoms with Crippen LogP contribution in [0.1, 0.15) is 0 Å². The van der Waals surface area contributed by atoms with Crippen molar-refractivity contribution >= 4 is 27.1 Å². The second-order valence-corrected chi connectivity index (χ2v) is 8.08. The molecule has 0 unspecified atom stereocenters. The number of rotatable bonds is 6. The molecule has 0 amide bonds. The number of nitrogens with one attached hydrogen (secondary N) is 1. The van der Waals surface area contributed by atoms with Gasteiger partial charge in [-0.2, -0.15) is 0 Å². The highest BCUT2D eigenvalue weighted by Crippen LogP contribution is 2.32. The van der Waals surface area contributed by atoms with Crippen LogP contribution in [0.25, 0.3) is 0 Å². The molecule has 0 aliphatic carbocycles. The Balaban J connectivity index is 1.88. The molecule has 1 aromatic heterocycles. The minimum atomic E-state index is -4.01. The number of nitro benzene ring substituents is 1. The van der Waals surface area contributed by atoms with Gasteiger partial charge >= 0.3 is 0 Å². The lowest BCUT2D eigenvalue weighted by molar-refractivity contribution is -0.384. The summed E-state index contributed by atoms with van der Waals surface area (Å²) in [6.07, 6.45) is 1.31. The number of hydrogen-bond acceptors (Lipinski definition) is 8. The minimum Gasteiger partial charge on any atom is -0.481 e. The maximum atomic E-state index is 12.6. The molecule has 2 heterocycles. The Morgan fingerprint density at radius 3 is 2.46 bits per heavy atom. The predicted molar refractivity (Wildman–Crippen MR) is 104 cm³/mol. The second kappa shape index (κ2) is 7.98. The molecule has 0 radical (unpaired) electrons. The Bertz CT molecular complexity index is 956. The molecular formula is C17H21N5O5S. The van der Waals surface area contributed by atoms with Crippen LogP contribution in [-0.4, -0.2) is 63.6 Å². The van der Waals surface area contributed by atoms with E-state index in [4.69, 9.17) is 4.74 Å². The average Bonchev–Trinajstić information content (AvgIpc) is 2.68. The number of aromatic nitrogens is 1. The van der Waals surface area contributed by atoms with Gasteiger partial charge in [0.15, 0.2) is 0 Å². The van der Waals surface area contributed by atoms with Crippen molar-refractivity contribution in [3.63, 3.8) is 0 Å². The zero-order valence-corrected chi connectivity index (χ0v) is 16.3. The van der Waals surface area contributed by atoms with Crippen molar-refractivity contribution in [2.75, 3.05) is 50.0 Å². The monoisotopic (exact) mass is 407 g/mol. The largest absolute Gasteiger partial charge is 0.481 e. The number of pyridine rings is 1. The highest BCUT2D eigenvalue weighted by atomic mass is 32.2. The smallest absolute Gasteiger partial charge is 0.293 e. The number of nitro groups is 1. The third-order valence-corrected chi connectivity index (χ3v) is 5.87. The van der Waals surface area contributed by atoms with E-state index in [-0.39, 0.29) is 16.3 Å². The fourth-order valence-corrected chi connectivity index (χ4v) is 3.97. The third kappa shape index (κ3) is 4.31. The van der Waals surface area contributed by atoms with E-state index in [1.165, 1.54) is 37.6 Å². The second-order valence-electron chi connectivity index (χ2n) is 6.39. The molecular weight excluding hydrogens is 386 g/mol. The number of likely N-dealkylation sites (N-methyl/N-ethyl adjacent to an activating group) is 1. The van der Waals surface area contributed by atoms with Gasteiger partial charge in [-0.25, -0.2) is 13.4 Å². The molecule has 1 aromatic carbocycles. The lowest BCUT2D eigenvalue weighted by atomic mass is 10.2. The van der Waals surface area contributed by atoms with Gasteiger partial charge in [-0.15, -0.1) is 0 Å². The molecule has 1 aliphatic rings. The average molecular weight is 407 g/mol. The number of piperazine rings is 1. The first kappa shape index (κ1) is 19.8. The third-order valence-electron chi connectivity index (χ3n) is 4.50. The normalized spacial score (nSPS) is 15.3. The summed E-state index contributed by atoms with van der Waals surface area (Å²) in [6.45, 7) is 2.84. The molecule has 1 N–H and O–H groups in total. The molecule has 0 atom stereocenters. The predicted octanol–water partition coefficient (Wildman–Crippen LogP) is 1.55. The van der Waals surface area contributed by atoms with Crippen molar-refractivity contribution in [1.29, 1.82) is 0 Å². The summed E-state index contributed by atoms with van der Waals surface area (Å²) in [5.41, 5.74) is 0.412. The van der Waals surface area contributed by atoms with Crippen LogP contribution in [0.3, 0.4) is 0 Å². The van der Waals surface area contributed by atoms with Gasteiger partial charge in [-0.3, -0.25) is 14.8 Å². The Morgan fingerprint density at radius 1 is 1.18 bits per heavy atom. The van der Waals surface area contributed by atoms with Gasteiger partial charge in [0.2, 0.25) is 5.88 Å². The molecule has 0 spiro atoms. The summed E-state index contributed by atoms with van der Waals surface area (Å²) in [5, 5.41) is 11.6. The van der Waals surface area contributed by atoms with E-state index in [1.807, 2.05) is 11.9 Å². The molecule has 1 saturated heterocycles. The van der Waals surface area contributed by atoms with Crippen LogP contribution in [-0.2, 0) is 10.0 Å². The highest BCUT2D eigenvalue weighted by Gasteiger charge is 2.26. The summed E-state index contributed by atoms with van der Waals surface area (Å²) in [4.78, 5) is 18.8. The first-order valence-electron chi connectivity index (χ1n) is 8.55. The van der Waals surface area contributed by atoms with E-state index < -0.39 is 14.9 Å². The molecule has 11 heteroatoms. The maximum absolute atomic E-state index is 12.6. The van der Waals surface area contributed by atoms with Crippen molar-refractivity contribution in [3.05, 3.63) is 46.6 Å². The van der Waals surface area contributed by atoms with Crippen molar-refractivity contribution in [3.8, 4) is 5.88 Å². The standard InChI is InChI=1S/C17H21N5O5S/c1-20-7-9-21(10-8-20)15-5-4-14(11-16(15)22(23)24)28(25,26)19-13-3-6-17(27-2)18-12-13/h3-6,11-12,19H,7-10H2,1-2H3. The first-order chi connectivity index (χ1) is 13.3. The SMILES string of the molecule is COc1ccc(NS(=O)(=O)c2ccc(N3CCN(C)CC3)c([N+](=O)[O-])c2)cn1. The van der Waals surface area contributed by atoms with E-state index in [9.17, 15) is 18.5 Å². The number of nitrogens with zero attached hydrogens (tertiary/aromatic N) is 4. The van der Waals surface area contributed by atoms with E-state index in [0.717, 1.165) is 19.2 Å². The van der Waals surface area contributed by atoms with Crippen molar-refractivity contribution in [2.24, 2.45) is 0 Å². The van der Waals surface area contributed by atoms with Gasteiger partial charge in [-0.05, 0) is 25.2 Å². The van der Waals surface area contributed by atoms with Crippen molar-refractivity contribution in [2.45, 2.75) is 4.90 Å². The Kier molecular flexibility index (Phi) is 5.66. The van der Waals surface area contributed by atoms with Gasteiger partial charge in [0, 0.05) is 38.3 Å². The van der Waals surface area contributed by atoms with Crippen LogP contribution >= 0.6 is 0 Å². The fourth-order valence-electron chi connectivity index (χ4n) is 2.91. The number of anilines is 2. The summed E-state index contributed by atoms with van der Waals surface area (Å²) in [7, 11) is -0.568. The summed E-state index contributed by atoms with van der Waals surface area (Å²) in [6, 6.07) is 6.96.